The van der Waals surface area contributed by atoms with Crippen LogP contribution in [0.3, 0.4) is 0 Å². The summed E-state index contributed by atoms with van der Waals surface area (Å²) in [5, 5.41) is 1.58. The highest BCUT2D eigenvalue weighted by Gasteiger charge is 2.33. The molecule has 5 aromatic rings. The average molecular weight is 598 g/mol. The first-order valence-corrected chi connectivity index (χ1v) is 14.6. The number of pyridine rings is 2. The summed E-state index contributed by atoms with van der Waals surface area (Å²) in [6.07, 6.45) is 2.97. The Balaban J connectivity index is 1.83. The molecule has 2 bridgehead atoms. The first-order chi connectivity index (χ1) is 20.5. The molecule has 0 radical (unpaired) electrons. The van der Waals surface area contributed by atoms with Crippen LogP contribution in [-0.4, -0.2) is 65.8 Å². The van der Waals surface area contributed by atoms with Crippen molar-refractivity contribution in [1.82, 2.24) is 28.8 Å². The van der Waals surface area contributed by atoms with Crippen molar-refractivity contribution in [3.63, 3.8) is 0 Å². The third-order valence-electron chi connectivity index (χ3n) is 8.17. The molecule has 1 aromatic carbocycles. The van der Waals surface area contributed by atoms with Gasteiger partial charge in [0.05, 0.1) is 38.2 Å². The highest BCUT2D eigenvalue weighted by atomic mass is 35.5. The van der Waals surface area contributed by atoms with E-state index in [9.17, 15) is 14.4 Å². The fraction of sp³-hybridized carbons (Fsp3) is 0.312. The first kappa shape index (κ1) is 28.5. The molecule has 4 aromatic heterocycles. The number of aromatic nitrogens is 5. The summed E-state index contributed by atoms with van der Waals surface area (Å²) in [5.74, 6) is -0.0393. The number of amides is 1. The van der Waals surface area contributed by atoms with E-state index >= 15 is 0 Å². The van der Waals surface area contributed by atoms with Gasteiger partial charge in [0.25, 0.3) is 0 Å². The Morgan fingerprint density at radius 2 is 1.79 bits per heavy atom. The van der Waals surface area contributed by atoms with Crippen LogP contribution in [0, 0.1) is 0 Å². The predicted molar refractivity (Wildman–Crippen MR) is 170 cm³/mol. The lowest BCUT2D eigenvalue weighted by molar-refractivity contribution is -0.128. The highest BCUT2D eigenvalue weighted by Crippen LogP contribution is 2.35. The standard InChI is InChI=1S/C32H32ClN7O3/c1-7-26(42)37-15-19(5)38(16-18(37)4)30-22-14-23(33)28-21-10-8-9-11-24(21)39(20(6)41)25-12-13-34-27(17(2)3)29(25)40(31(22)35-28)32(43)36-30/h7-14,17-19H,1,15-16H2,2-6H3. The van der Waals surface area contributed by atoms with Gasteiger partial charge in [-0.05, 0) is 44.0 Å². The molecule has 5 heterocycles. The highest BCUT2D eigenvalue weighted by molar-refractivity contribution is 6.36. The maximum absolute atomic E-state index is 14.3. The Bertz CT molecular complexity index is 2080. The molecular formula is C32H32ClN7O3. The van der Waals surface area contributed by atoms with E-state index in [1.54, 1.807) is 27.8 Å². The van der Waals surface area contributed by atoms with Gasteiger partial charge in [-0.15, -0.1) is 0 Å². The van der Waals surface area contributed by atoms with Crippen LogP contribution in [0.15, 0.2) is 60.0 Å². The number of para-hydroxylation sites is 1. The number of fused-ring (bicyclic) bond motifs is 5. The van der Waals surface area contributed by atoms with E-state index in [0.29, 0.717) is 68.1 Å². The van der Waals surface area contributed by atoms with E-state index < -0.39 is 5.69 Å². The molecular weight excluding hydrogens is 566 g/mol. The van der Waals surface area contributed by atoms with Gasteiger partial charge in [-0.3, -0.25) is 19.1 Å². The second-order valence-electron chi connectivity index (χ2n) is 11.4. The van der Waals surface area contributed by atoms with Crippen molar-refractivity contribution in [1.29, 1.82) is 0 Å². The molecule has 6 rings (SSSR count). The largest absolute Gasteiger partial charge is 0.355 e. The SMILES string of the molecule is C=CC(=O)N1CC(C)N(c2nc(=O)n3c4nc(c(Cl)cc24)c2ccccc2n(C(C)=O)c2ccnc(C(C)C)c23)CC1C. The van der Waals surface area contributed by atoms with Gasteiger partial charge in [0, 0.05) is 43.7 Å². The third-order valence-corrected chi connectivity index (χ3v) is 8.46. The van der Waals surface area contributed by atoms with Crippen LogP contribution < -0.4 is 10.6 Å². The number of nitrogens with zero attached hydrogens (tertiary/aromatic N) is 7. The van der Waals surface area contributed by atoms with Crippen molar-refractivity contribution in [3.05, 3.63) is 76.5 Å². The minimum atomic E-state index is -0.557. The number of hydrogen-bond donors (Lipinski definition) is 0. The summed E-state index contributed by atoms with van der Waals surface area (Å²) in [5.41, 5.74) is 2.39. The minimum absolute atomic E-state index is 0.0931. The van der Waals surface area contributed by atoms with Gasteiger partial charge < -0.3 is 9.80 Å². The average Bonchev–Trinajstić information content (AvgIpc) is 3.02. The summed E-state index contributed by atoms with van der Waals surface area (Å²) in [7, 11) is 0. The van der Waals surface area contributed by atoms with Crippen LogP contribution in [0.25, 0.3) is 38.5 Å². The van der Waals surface area contributed by atoms with Crippen LogP contribution in [0.1, 0.15) is 51.0 Å². The summed E-state index contributed by atoms with van der Waals surface area (Å²) in [6.45, 7) is 13.9. The summed E-state index contributed by atoms with van der Waals surface area (Å²) in [4.78, 5) is 58.3. The monoisotopic (exact) mass is 597 g/mol. The van der Waals surface area contributed by atoms with E-state index in [-0.39, 0.29) is 29.8 Å². The van der Waals surface area contributed by atoms with E-state index in [1.807, 2.05) is 56.9 Å². The Morgan fingerprint density at radius 3 is 2.49 bits per heavy atom. The van der Waals surface area contributed by atoms with Crippen molar-refractivity contribution >= 4 is 67.7 Å². The van der Waals surface area contributed by atoms with Gasteiger partial charge in [0.1, 0.15) is 5.82 Å². The normalized spacial score (nSPS) is 17.4. The lowest BCUT2D eigenvalue weighted by Gasteiger charge is -2.44. The number of hydrogen-bond acceptors (Lipinski definition) is 7. The van der Waals surface area contributed by atoms with Gasteiger partial charge in [-0.2, -0.15) is 4.98 Å². The first-order valence-electron chi connectivity index (χ1n) is 14.3. The summed E-state index contributed by atoms with van der Waals surface area (Å²) in [6, 6.07) is 10.6. The van der Waals surface area contributed by atoms with Crippen molar-refractivity contribution < 1.29 is 9.59 Å². The molecule has 1 saturated heterocycles. The molecule has 11 heteroatoms. The molecule has 0 spiro atoms. The molecule has 1 fully saturated rings. The number of carbonyl (C=O) groups excluding carboxylic acids is 2. The number of anilines is 1. The number of piperazine rings is 1. The van der Waals surface area contributed by atoms with Crippen LogP contribution in [-0.2, 0) is 4.79 Å². The molecule has 1 amide bonds. The zero-order valence-electron chi connectivity index (χ0n) is 24.7. The van der Waals surface area contributed by atoms with Crippen molar-refractivity contribution in [2.45, 2.75) is 52.6 Å². The number of rotatable bonds is 3. The molecule has 0 aliphatic carbocycles. The van der Waals surface area contributed by atoms with Crippen LogP contribution in [0.2, 0.25) is 5.02 Å². The van der Waals surface area contributed by atoms with Crippen molar-refractivity contribution in [2.24, 2.45) is 0 Å². The Labute approximate surface area is 252 Å². The van der Waals surface area contributed by atoms with Gasteiger partial charge in [0.15, 0.2) is 5.65 Å². The number of carbonyl (C=O) groups is 2. The molecule has 1 aliphatic rings. The summed E-state index contributed by atoms with van der Waals surface area (Å²) >= 11 is 6.98. The maximum Gasteiger partial charge on any atom is 0.355 e. The lowest BCUT2D eigenvalue weighted by Crippen LogP contribution is -2.58. The molecule has 2 atom stereocenters. The second-order valence-corrected chi connectivity index (χ2v) is 11.8. The van der Waals surface area contributed by atoms with E-state index in [1.165, 1.54) is 17.4 Å². The Hall–Kier alpha value is -4.57. The van der Waals surface area contributed by atoms with Crippen LogP contribution in [0.5, 0.6) is 0 Å². The number of halogens is 1. The zero-order chi connectivity index (χ0) is 30.7. The fourth-order valence-corrected chi connectivity index (χ4v) is 6.44. The minimum Gasteiger partial charge on any atom is -0.349 e. The van der Waals surface area contributed by atoms with Crippen LogP contribution >= 0.6 is 11.6 Å². The van der Waals surface area contributed by atoms with Gasteiger partial charge in [-0.1, -0.05) is 50.2 Å². The van der Waals surface area contributed by atoms with E-state index in [4.69, 9.17) is 16.6 Å². The molecule has 0 N–H and O–H groups in total. The van der Waals surface area contributed by atoms with Gasteiger partial charge in [-0.25, -0.2) is 14.2 Å². The Morgan fingerprint density at radius 1 is 1.05 bits per heavy atom. The topological polar surface area (TPSA) is 106 Å². The third kappa shape index (κ3) is 4.48. The molecule has 2 unspecified atom stereocenters. The zero-order valence-corrected chi connectivity index (χ0v) is 25.5. The summed E-state index contributed by atoms with van der Waals surface area (Å²) < 4.78 is 3.04. The van der Waals surface area contributed by atoms with Crippen molar-refractivity contribution in [3.8, 4) is 0 Å². The fourth-order valence-electron chi connectivity index (χ4n) is 6.19. The van der Waals surface area contributed by atoms with Crippen LogP contribution in [0.4, 0.5) is 5.82 Å². The quantitative estimate of drug-likeness (QED) is 0.258. The van der Waals surface area contributed by atoms with E-state index in [0.717, 1.165) is 0 Å². The Kier molecular flexibility index (Phi) is 7.04. The molecule has 43 heavy (non-hydrogen) atoms. The van der Waals surface area contributed by atoms with Crippen molar-refractivity contribution in [2.75, 3.05) is 18.0 Å². The van der Waals surface area contributed by atoms with Gasteiger partial charge >= 0.3 is 5.69 Å². The second kappa shape index (κ2) is 10.6. The molecule has 1 aliphatic heterocycles. The molecule has 0 saturated carbocycles. The molecule has 10 nitrogen and oxygen atoms in total. The van der Waals surface area contributed by atoms with E-state index in [2.05, 4.69) is 16.5 Å². The van der Waals surface area contributed by atoms with Gasteiger partial charge in [0.2, 0.25) is 11.8 Å². The lowest BCUT2D eigenvalue weighted by atomic mass is 10.1. The maximum atomic E-state index is 14.3. The smallest absolute Gasteiger partial charge is 0.349 e. The number of benzene rings is 1. The molecule has 220 valence electrons. The predicted octanol–water partition coefficient (Wildman–Crippen LogP) is 5.36.